The maximum Gasteiger partial charge on any atom is 0.0673 e. The van der Waals surface area contributed by atoms with Crippen molar-refractivity contribution in [3.05, 3.63) is 0 Å². The maximum absolute atomic E-state index is 10.4. The third-order valence-corrected chi connectivity index (χ3v) is 4.91. The first-order valence-corrected chi connectivity index (χ1v) is 6.26. The summed E-state index contributed by atoms with van der Waals surface area (Å²) in [4.78, 5) is 0. The highest BCUT2D eigenvalue weighted by molar-refractivity contribution is 4.99. The normalized spacial score (nSPS) is 44.8. The van der Waals surface area contributed by atoms with Crippen LogP contribution < -0.4 is 0 Å². The molecule has 0 amide bonds. The lowest BCUT2D eigenvalue weighted by Gasteiger charge is -2.39. The van der Waals surface area contributed by atoms with Crippen molar-refractivity contribution in [2.75, 3.05) is 0 Å². The van der Waals surface area contributed by atoms with Gasteiger partial charge in [-0.3, -0.25) is 0 Å². The van der Waals surface area contributed by atoms with Crippen molar-refractivity contribution in [2.45, 2.75) is 70.8 Å². The second-order valence-corrected chi connectivity index (χ2v) is 6.04. The van der Waals surface area contributed by atoms with Crippen LogP contribution in [0.1, 0.15) is 65.2 Å². The fraction of sp³-hybridized carbons (Fsp3) is 1.00. The average Bonchev–Trinajstić information content (AvgIpc) is 2.63. The van der Waals surface area contributed by atoms with Crippen LogP contribution in [0.4, 0.5) is 0 Å². The highest BCUT2D eigenvalue weighted by Gasteiger charge is 2.47. The van der Waals surface area contributed by atoms with Gasteiger partial charge >= 0.3 is 0 Å². The molecule has 0 aromatic rings. The van der Waals surface area contributed by atoms with Gasteiger partial charge in [-0.1, -0.05) is 32.6 Å². The third-order valence-electron chi connectivity index (χ3n) is 4.91. The summed E-state index contributed by atoms with van der Waals surface area (Å²) in [6, 6.07) is 0. The van der Waals surface area contributed by atoms with Crippen molar-refractivity contribution in [1.82, 2.24) is 0 Å². The van der Waals surface area contributed by atoms with E-state index in [0.29, 0.717) is 0 Å². The van der Waals surface area contributed by atoms with Crippen molar-refractivity contribution in [3.8, 4) is 0 Å². The minimum Gasteiger partial charge on any atom is -0.390 e. The molecule has 82 valence electrons. The average molecular weight is 196 g/mol. The van der Waals surface area contributed by atoms with E-state index in [2.05, 4.69) is 13.8 Å². The van der Waals surface area contributed by atoms with Crippen LogP contribution in [0.15, 0.2) is 0 Å². The summed E-state index contributed by atoms with van der Waals surface area (Å²) in [5.74, 6) is 0.907. The predicted octanol–water partition coefficient (Wildman–Crippen LogP) is 3.51. The Bertz CT molecular complexity index is 203. The Labute approximate surface area is 87.9 Å². The summed E-state index contributed by atoms with van der Waals surface area (Å²) in [6.45, 7) is 4.35. The van der Waals surface area contributed by atoms with E-state index >= 15 is 0 Å². The lowest BCUT2D eigenvalue weighted by Crippen LogP contribution is -2.39. The van der Waals surface area contributed by atoms with Crippen LogP contribution in [0.2, 0.25) is 0 Å². The summed E-state index contributed by atoms with van der Waals surface area (Å²) in [5.41, 5.74) is -0.183. The lowest BCUT2D eigenvalue weighted by molar-refractivity contribution is -0.0477. The molecule has 0 radical (unpaired) electrons. The van der Waals surface area contributed by atoms with E-state index in [-0.39, 0.29) is 5.41 Å². The summed E-state index contributed by atoms with van der Waals surface area (Å²) >= 11 is 0. The van der Waals surface area contributed by atoms with Gasteiger partial charge in [-0.2, -0.15) is 0 Å². The molecule has 2 rings (SSSR count). The highest BCUT2D eigenvalue weighted by atomic mass is 16.3. The van der Waals surface area contributed by atoms with Gasteiger partial charge in [-0.15, -0.1) is 0 Å². The van der Waals surface area contributed by atoms with E-state index in [1.807, 2.05) is 0 Å². The summed E-state index contributed by atoms with van der Waals surface area (Å²) < 4.78 is 0. The molecule has 2 unspecified atom stereocenters. The van der Waals surface area contributed by atoms with Crippen LogP contribution in [0, 0.1) is 11.3 Å². The lowest BCUT2D eigenvalue weighted by atomic mass is 9.71. The Morgan fingerprint density at radius 1 is 1.07 bits per heavy atom. The summed E-state index contributed by atoms with van der Waals surface area (Å²) in [7, 11) is 0. The van der Waals surface area contributed by atoms with Crippen molar-refractivity contribution in [2.24, 2.45) is 11.3 Å². The molecule has 0 bridgehead atoms. The fourth-order valence-electron chi connectivity index (χ4n) is 3.57. The molecule has 1 N–H and O–H groups in total. The largest absolute Gasteiger partial charge is 0.390 e. The second-order valence-electron chi connectivity index (χ2n) is 6.04. The van der Waals surface area contributed by atoms with Gasteiger partial charge in [-0.05, 0) is 43.9 Å². The zero-order chi connectivity index (χ0) is 10.2. The minimum absolute atomic E-state index is 0.210. The van der Waals surface area contributed by atoms with Gasteiger partial charge < -0.3 is 5.11 Å². The SMILES string of the molecule is CC1(O)CCCC1(C)CC1CCCC1. The van der Waals surface area contributed by atoms with E-state index in [0.717, 1.165) is 12.3 Å². The molecule has 0 spiro atoms. The van der Waals surface area contributed by atoms with Gasteiger partial charge in [0.25, 0.3) is 0 Å². The van der Waals surface area contributed by atoms with Gasteiger partial charge in [0.1, 0.15) is 0 Å². The molecule has 0 aromatic heterocycles. The van der Waals surface area contributed by atoms with Crippen molar-refractivity contribution in [1.29, 1.82) is 0 Å². The number of rotatable bonds is 2. The highest BCUT2D eigenvalue weighted by Crippen LogP contribution is 2.51. The van der Waals surface area contributed by atoms with Crippen LogP contribution in [0.5, 0.6) is 0 Å². The van der Waals surface area contributed by atoms with Crippen molar-refractivity contribution >= 4 is 0 Å². The first-order valence-electron chi connectivity index (χ1n) is 6.26. The molecule has 2 atom stereocenters. The van der Waals surface area contributed by atoms with Gasteiger partial charge in [-0.25, -0.2) is 0 Å². The van der Waals surface area contributed by atoms with Crippen molar-refractivity contribution < 1.29 is 5.11 Å². The monoisotopic (exact) mass is 196 g/mol. The first-order chi connectivity index (χ1) is 6.54. The molecular weight excluding hydrogens is 172 g/mol. The van der Waals surface area contributed by atoms with Crippen LogP contribution in [-0.2, 0) is 0 Å². The zero-order valence-electron chi connectivity index (χ0n) is 9.68. The van der Waals surface area contributed by atoms with Gasteiger partial charge in [0.05, 0.1) is 5.60 Å². The second kappa shape index (κ2) is 3.52. The van der Waals surface area contributed by atoms with Gasteiger partial charge in [0, 0.05) is 0 Å². The van der Waals surface area contributed by atoms with E-state index in [9.17, 15) is 5.11 Å². The Balaban J connectivity index is 2.00. The minimum atomic E-state index is -0.393. The Morgan fingerprint density at radius 3 is 2.21 bits per heavy atom. The van der Waals surface area contributed by atoms with Crippen molar-refractivity contribution in [3.63, 3.8) is 0 Å². The molecule has 1 heteroatoms. The predicted molar refractivity (Wildman–Crippen MR) is 59.2 cm³/mol. The Morgan fingerprint density at radius 2 is 1.71 bits per heavy atom. The smallest absolute Gasteiger partial charge is 0.0673 e. The summed E-state index contributed by atoms with van der Waals surface area (Å²) in [5, 5.41) is 10.4. The van der Waals surface area contributed by atoms with E-state index in [4.69, 9.17) is 0 Å². The number of hydrogen-bond acceptors (Lipinski definition) is 1. The maximum atomic E-state index is 10.4. The molecule has 0 aromatic carbocycles. The van der Waals surface area contributed by atoms with Crippen LogP contribution >= 0.6 is 0 Å². The molecule has 1 nitrogen and oxygen atoms in total. The zero-order valence-corrected chi connectivity index (χ0v) is 9.68. The molecular formula is C13H24O. The van der Waals surface area contributed by atoms with Crippen LogP contribution in [-0.4, -0.2) is 10.7 Å². The molecule has 2 aliphatic rings. The fourth-order valence-corrected chi connectivity index (χ4v) is 3.57. The molecule has 0 aliphatic heterocycles. The molecule has 2 fully saturated rings. The Kier molecular flexibility index (Phi) is 2.63. The third kappa shape index (κ3) is 1.71. The van der Waals surface area contributed by atoms with Crippen LogP contribution in [0.3, 0.4) is 0 Å². The summed E-state index contributed by atoms with van der Waals surface area (Å²) in [6.07, 6.45) is 10.4. The van der Waals surface area contributed by atoms with E-state index < -0.39 is 5.60 Å². The number of hydrogen-bond donors (Lipinski definition) is 1. The molecule has 2 saturated carbocycles. The quantitative estimate of drug-likeness (QED) is 0.716. The Hall–Kier alpha value is -0.0400. The molecule has 0 heterocycles. The first kappa shape index (κ1) is 10.5. The van der Waals surface area contributed by atoms with Gasteiger partial charge in [0.2, 0.25) is 0 Å². The number of aliphatic hydroxyl groups is 1. The van der Waals surface area contributed by atoms with E-state index in [1.165, 1.54) is 44.9 Å². The van der Waals surface area contributed by atoms with Crippen LogP contribution in [0.25, 0.3) is 0 Å². The van der Waals surface area contributed by atoms with E-state index in [1.54, 1.807) is 0 Å². The standard InChI is InChI=1S/C13H24O/c1-12(8-5-9-13(12,2)14)10-11-6-3-4-7-11/h11,14H,3-10H2,1-2H3. The molecule has 14 heavy (non-hydrogen) atoms. The van der Waals surface area contributed by atoms with Gasteiger partial charge in [0.15, 0.2) is 0 Å². The molecule has 0 saturated heterocycles. The molecule has 2 aliphatic carbocycles. The topological polar surface area (TPSA) is 20.2 Å².